The molecule has 0 aliphatic heterocycles. The van der Waals surface area contributed by atoms with Gasteiger partial charge in [-0.1, -0.05) is 29.3 Å². The SMILES string of the molecule is COCCN(CCO)C(=O)CCc1ccc(Cl)cc1Cl. The first-order chi connectivity index (χ1) is 9.58. The minimum atomic E-state index is -0.0584. The normalized spacial score (nSPS) is 10.6. The second-order valence-electron chi connectivity index (χ2n) is 4.33. The van der Waals surface area contributed by atoms with Crippen LogP contribution in [0.2, 0.25) is 10.0 Å². The van der Waals surface area contributed by atoms with Crippen molar-refractivity contribution in [1.29, 1.82) is 0 Å². The van der Waals surface area contributed by atoms with Gasteiger partial charge >= 0.3 is 0 Å². The molecule has 0 aromatic heterocycles. The lowest BCUT2D eigenvalue weighted by molar-refractivity contribution is -0.132. The van der Waals surface area contributed by atoms with E-state index in [0.29, 0.717) is 42.6 Å². The molecule has 0 atom stereocenters. The van der Waals surface area contributed by atoms with Crippen molar-refractivity contribution in [1.82, 2.24) is 4.90 Å². The molecule has 1 amide bonds. The summed E-state index contributed by atoms with van der Waals surface area (Å²) >= 11 is 11.9. The number of benzene rings is 1. The Labute approximate surface area is 129 Å². The van der Waals surface area contributed by atoms with Crippen LogP contribution in [0.3, 0.4) is 0 Å². The Morgan fingerprint density at radius 2 is 2.10 bits per heavy atom. The topological polar surface area (TPSA) is 49.8 Å². The summed E-state index contributed by atoms with van der Waals surface area (Å²) in [4.78, 5) is 13.7. The number of hydrogen-bond donors (Lipinski definition) is 1. The van der Waals surface area contributed by atoms with Crippen LogP contribution in [-0.2, 0) is 16.0 Å². The van der Waals surface area contributed by atoms with Gasteiger partial charge in [0.05, 0.1) is 13.2 Å². The van der Waals surface area contributed by atoms with Gasteiger partial charge in [0.15, 0.2) is 0 Å². The van der Waals surface area contributed by atoms with Gasteiger partial charge in [-0.05, 0) is 24.1 Å². The van der Waals surface area contributed by atoms with E-state index in [1.54, 1.807) is 24.1 Å². The van der Waals surface area contributed by atoms with E-state index >= 15 is 0 Å². The van der Waals surface area contributed by atoms with Gasteiger partial charge in [-0.25, -0.2) is 0 Å². The number of carbonyl (C=O) groups excluding carboxylic acids is 1. The Morgan fingerprint density at radius 1 is 1.35 bits per heavy atom. The molecule has 6 heteroatoms. The molecule has 0 heterocycles. The molecule has 0 fully saturated rings. The van der Waals surface area contributed by atoms with Crippen molar-refractivity contribution < 1.29 is 14.6 Å². The summed E-state index contributed by atoms with van der Waals surface area (Å²) in [5, 5.41) is 10.1. The van der Waals surface area contributed by atoms with E-state index in [9.17, 15) is 4.79 Å². The Kier molecular flexibility index (Phi) is 7.92. The lowest BCUT2D eigenvalue weighted by Crippen LogP contribution is -2.36. The first kappa shape index (κ1) is 17.2. The number of ether oxygens (including phenoxy) is 1. The highest BCUT2D eigenvalue weighted by Crippen LogP contribution is 2.22. The molecule has 0 aliphatic carbocycles. The third-order valence-electron chi connectivity index (χ3n) is 2.91. The van der Waals surface area contributed by atoms with Crippen molar-refractivity contribution in [2.45, 2.75) is 12.8 Å². The largest absolute Gasteiger partial charge is 0.395 e. The van der Waals surface area contributed by atoms with Gasteiger partial charge in [0.25, 0.3) is 0 Å². The van der Waals surface area contributed by atoms with Crippen LogP contribution in [0.15, 0.2) is 18.2 Å². The second kappa shape index (κ2) is 9.19. The maximum atomic E-state index is 12.1. The third kappa shape index (κ3) is 5.67. The van der Waals surface area contributed by atoms with Crippen molar-refractivity contribution in [2.75, 3.05) is 33.4 Å². The number of methoxy groups -OCH3 is 1. The van der Waals surface area contributed by atoms with E-state index in [2.05, 4.69) is 0 Å². The quantitative estimate of drug-likeness (QED) is 0.800. The van der Waals surface area contributed by atoms with Gasteiger partial charge in [0.1, 0.15) is 0 Å². The predicted octanol–water partition coefficient (Wildman–Crippen LogP) is 2.39. The molecule has 0 bridgehead atoms. The number of rotatable bonds is 8. The van der Waals surface area contributed by atoms with E-state index in [1.165, 1.54) is 0 Å². The molecule has 1 rings (SSSR count). The molecule has 1 aromatic rings. The molecular formula is C14H19Cl2NO3. The van der Waals surface area contributed by atoms with Gasteiger partial charge in [-0.15, -0.1) is 0 Å². The van der Waals surface area contributed by atoms with Gasteiger partial charge < -0.3 is 14.7 Å². The van der Waals surface area contributed by atoms with Crippen LogP contribution < -0.4 is 0 Å². The summed E-state index contributed by atoms with van der Waals surface area (Å²) in [6.45, 7) is 1.19. The molecule has 4 nitrogen and oxygen atoms in total. The monoisotopic (exact) mass is 319 g/mol. The molecule has 0 spiro atoms. The van der Waals surface area contributed by atoms with Crippen molar-refractivity contribution in [3.8, 4) is 0 Å². The minimum absolute atomic E-state index is 0.0258. The molecule has 1 N–H and O–H groups in total. The minimum Gasteiger partial charge on any atom is -0.395 e. The highest BCUT2D eigenvalue weighted by molar-refractivity contribution is 6.35. The Morgan fingerprint density at radius 3 is 2.70 bits per heavy atom. The first-order valence-electron chi connectivity index (χ1n) is 6.40. The number of nitrogens with zero attached hydrogens (tertiary/aromatic N) is 1. The molecular weight excluding hydrogens is 301 g/mol. The van der Waals surface area contributed by atoms with Crippen LogP contribution in [-0.4, -0.2) is 49.3 Å². The zero-order valence-electron chi connectivity index (χ0n) is 11.4. The Bertz CT molecular complexity index is 440. The summed E-state index contributed by atoms with van der Waals surface area (Å²) in [6, 6.07) is 5.24. The van der Waals surface area contributed by atoms with Crippen molar-refractivity contribution in [2.24, 2.45) is 0 Å². The first-order valence-corrected chi connectivity index (χ1v) is 7.15. The highest BCUT2D eigenvalue weighted by atomic mass is 35.5. The number of aryl methyl sites for hydroxylation is 1. The number of carbonyl (C=O) groups is 1. The average molecular weight is 320 g/mol. The van der Waals surface area contributed by atoms with Crippen LogP contribution in [0.1, 0.15) is 12.0 Å². The third-order valence-corrected chi connectivity index (χ3v) is 3.50. The Balaban J connectivity index is 2.55. The van der Waals surface area contributed by atoms with Gasteiger partial charge in [-0.2, -0.15) is 0 Å². The smallest absolute Gasteiger partial charge is 0.223 e. The van der Waals surface area contributed by atoms with Crippen molar-refractivity contribution in [3.05, 3.63) is 33.8 Å². The fourth-order valence-corrected chi connectivity index (χ4v) is 2.31. The molecule has 0 saturated heterocycles. The molecule has 20 heavy (non-hydrogen) atoms. The summed E-state index contributed by atoms with van der Waals surface area (Å²) in [7, 11) is 1.58. The summed E-state index contributed by atoms with van der Waals surface area (Å²) in [5.74, 6) is -0.0258. The number of halogens is 2. The molecule has 0 aliphatic rings. The van der Waals surface area contributed by atoms with Gasteiger partial charge in [0.2, 0.25) is 5.91 Å². The number of amides is 1. The number of aliphatic hydroxyl groups is 1. The molecule has 112 valence electrons. The molecule has 0 unspecified atom stereocenters. The van der Waals surface area contributed by atoms with E-state index in [1.807, 2.05) is 6.07 Å². The van der Waals surface area contributed by atoms with E-state index in [0.717, 1.165) is 5.56 Å². The van der Waals surface area contributed by atoms with Gasteiger partial charge in [-0.3, -0.25) is 4.79 Å². The maximum Gasteiger partial charge on any atom is 0.223 e. The summed E-state index contributed by atoms with van der Waals surface area (Å²) < 4.78 is 4.95. The fraction of sp³-hybridized carbons (Fsp3) is 0.500. The highest BCUT2D eigenvalue weighted by Gasteiger charge is 2.13. The van der Waals surface area contributed by atoms with E-state index in [4.69, 9.17) is 33.0 Å². The Hall–Kier alpha value is -0.810. The van der Waals surface area contributed by atoms with Crippen LogP contribution in [0.5, 0.6) is 0 Å². The summed E-state index contributed by atoms with van der Waals surface area (Å²) in [5.41, 5.74) is 0.889. The molecule has 0 radical (unpaired) electrons. The zero-order chi connectivity index (χ0) is 15.0. The maximum absolute atomic E-state index is 12.1. The van der Waals surface area contributed by atoms with Crippen LogP contribution in [0.4, 0.5) is 0 Å². The summed E-state index contributed by atoms with van der Waals surface area (Å²) in [6.07, 6.45) is 0.884. The second-order valence-corrected chi connectivity index (χ2v) is 5.18. The lowest BCUT2D eigenvalue weighted by Gasteiger charge is -2.21. The molecule has 1 aromatic carbocycles. The van der Waals surface area contributed by atoms with Crippen LogP contribution >= 0.6 is 23.2 Å². The van der Waals surface area contributed by atoms with E-state index in [-0.39, 0.29) is 12.5 Å². The van der Waals surface area contributed by atoms with Crippen molar-refractivity contribution >= 4 is 29.1 Å². The van der Waals surface area contributed by atoms with Crippen LogP contribution in [0.25, 0.3) is 0 Å². The molecule has 0 saturated carbocycles. The lowest BCUT2D eigenvalue weighted by atomic mass is 10.1. The van der Waals surface area contributed by atoms with Gasteiger partial charge in [0, 0.05) is 36.7 Å². The van der Waals surface area contributed by atoms with Crippen molar-refractivity contribution in [3.63, 3.8) is 0 Å². The fourth-order valence-electron chi connectivity index (χ4n) is 1.81. The standard InChI is InChI=1S/C14H19Cl2NO3/c1-20-9-7-17(6-8-18)14(19)5-3-11-2-4-12(15)10-13(11)16/h2,4,10,18H,3,5-9H2,1H3. The predicted molar refractivity (Wildman–Crippen MR) is 80.3 cm³/mol. The van der Waals surface area contributed by atoms with E-state index < -0.39 is 0 Å². The average Bonchev–Trinajstić information content (AvgIpc) is 2.42. The number of hydrogen-bond acceptors (Lipinski definition) is 3. The van der Waals surface area contributed by atoms with Crippen LogP contribution in [0, 0.1) is 0 Å². The zero-order valence-corrected chi connectivity index (χ0v) is 13.0. The number of aliphatic hydroxyl groups excluding tert-OH is 1.